The molecule has 20 heavy (non-hydrogen) atoms. The molecule has 0 fully saturated rings. The maximum Gasteiger partial charge on any atom is 0.255 e. The lowest BCUT2D eigenvalue weighted by Gasteiger charge is -2.09. The van der Waals surface area contributed by atoms with Gasteiger partial charge in [0.15, 0.2) is 11.6 Å². The summed E-state index contributed by atoms with van der Waals surface area (Å²) in [5, 5.41) is 2.54. The average molecular weight is 273 g/mol. The Balaban J connectivity index is 2.21. The quantitative estimate of drug-likeness (QED) is 0.869. The van der Waals surface area contributed by atoms with Gasteiger partial charge in [-0.15, -0.1) is 0 Å². The summed E-state index contributed by atoms with van der Waals surface area (Å²) in [5.41, 5.74) is 0.879. The van der Waals surface area contributed by atoms with Gasteiger partial charge in [0.25, 0.3) is 5.91 Å². The predicted octanol–water partition coefficient (Wildman–Crippen LogP) is 2.02. The number of methoxy groups -OCH3 is 1. The number of carbonyl (C=O) groups excluding carboxylic acids is 1. The minimum Gasteiger partial charge on any atom is -0.497 e. The molecule has 0 bridgehead atoms. The van der Waals surface area contributed by atoms with Gasteiger partial charge in [-0.1, -0.05) is 11.5 Å². The Morgan fingerprint density at radius 3 is 2.55 bits per heavy atom. The minimum atomic E-state index is -1.08. The van der Waals surface area contributed by atoms with E-state index in [1.165, 1.54) is 19.2 Å². The van der Waals surface area contributed by atoms with Crippen molar-refractivity contribution in [2.45, 2.75) is 0 Å². The first-order valence-electron chi connectivity index (χ1n) is 5.71. The molecule has 0 saturated heterocycles. The number of ether oxygens (including phenoxy) is 1. The van der Waals surface area contributed by atoms with Gasteiger partial charge in [0.2, 0.25) is 0 Å². The van der Waals surface area contributed by atoms with Crippen LogP contribution in [0, 0.1) is 11.6 Å². The summed E-state index contributed by atoms with van der Waals surface area (Å²) in [6.07, 6.45) is 0. The highest BCUT2D eigenvalue weighted by Gasteiger charge is 2.10. The first-order chi connectivity index (χ1) is 9.51. The molecule has 0 aliphatic rings. The Labute approximate surface area is 116 Å². The van der Waals surface area contributed by atoms with Crippen molar-refractivity contribution >= 4 is 24.9 Å². The largest absolute Gasteiger partial charge is 0.497 e. The number of halogens is 2. The van der Waals surface area contributed by atoms with Gasteiger partial charge in [0.1, 0.15) is 13.6 Å². The van der Waals surface area contributed by atoms with Crippen molar-refractivity contribution in [3.05, 3.63) is 53.6 Å². The molecule has 2 aromatic carbocycles. The summed E-state index contributed by atoms with van der Waals surface area (Å²) in [6, 6.07) is 7.61. The number of anilines is 1. The van der Waals surface area contributed by atoms with Gasteiger partial charge in [-0.05, 0) is 24.3 Å². The minimum absolute atomic E-state index is 0.0136. The van der Waals surface area contributed by atoms with E-state index in [0.29, 0.717) is 16.9 Å². The molecule has 3 nitrogen and oxygen atoms in total. The zero-order valence-corrected chi connectivity index (χ0v) is 10.6. The first-order valence-corrected chi connectivity index (χ1v) is 5.71. The molecule has 2 aromatic rings. The molecule has 1 amide bonds. The molecule has 0 aromatic heterocycles. The summed E-state index contributed by atoms with van der Waals surface area (Å²) in [7, 11) is 7.10. The number of amides is 1. The van der Waals surface area contributed by atoms with Crippen molar-refractivity contribution in [2.75, 3.05) is 12.4 Å². The fourth-order valence-corrected chi connectivity index (χ4v) is 1.63. The Morgan fingerprint density at radius 1 is 1.15 bits per heavy atom. The van der Waals surface area contributed by atoms with Crippen LogP contribution in [0.4, 0.5) is 14.5 Å². The van der Waals surface area contributed by atoms with Gasteiger partial charge in [-0.25, -0.2) is 8.78 Å². The van der Waals surface area contributed by atoms with Crippen molar-refractivity contribution in [2.24, 2.45) is 0 Å². The van der Waals surface area contributed by atoms with E-state index < -0.39 is 17.5 Å². The van der Waals surface area contributed by atoms with Crippen LogP contribution in [0.3, 0.4) is 0 Å². The molecular weight excluding hydrogens is 263 g/mol. The third kappa shape index (κ3) is 2.96. The summed E-state index contributed by atoms with van der Waals surface area (Å²) in [5.74, 6) is -2.23. The van der Waals surface area contributed by atoms with E-state index >= 15 is 0 Å². The SMILES string of the molecule is [B]c1ccc(NC(=O)c2ccc(F)c(F)c2)cc1OC. The Hall–Kier alpha value is -2.37. The Bertz CT molecular complexity index is 662. The van der Waals surface area contributed by atoms with E-state index in [9.17, 15) is 13.6 Å². The van der Waals surface area contributed by atoms with Gasteiger partial charge >= 0.3 is 0 Å². The van der Waals surface area contributed by atoms with Crippen molar-refractivity contribution < 1.29 is 18.3 Å². The number of carbonyl (C=O) groups is 1. The van der Waals surface area contributed by atoms with Crippen LogP contribution in [0.25, 0.3) is 0 Å². The summed E-state index contributed by atoms with van der Waals surface area (Å²) in [4.78, 5) is 11.9. The standard InChI is InChI=1S/C14H10BF2NO2/c1-20-13-7-9(3-4-10(13)15)18-14(19)8-2-5-11(16)12(17)6-8/h2-7H,1H3,(H,18,19). The van der Waals surface area contributed by atoms with E-state index in [4.69, 9.17) is 12.6 Å². The van der Waals surface area contributed by atoms with Crippen molar-refractivity contribution in [1.82, 2.24) is 0 Å². The highest BCUT2D eigenvalue weighted by Crippen LogP contribution is 2.16. The molecule has 1 N–H and O–H groups in total. The third-order valence-corrected chi connectivity index (χ3v) is 2.67. The smallest absolute Gasteiger partial charge is 0.255 e. The van der Waals surface area contributed by atoms with Crippen LogP contribution >= 0.6 is 0 Å². The van der Waals surface area contributed by atoms with Gasteiger partial charge in [-0.3, -0.25) is 4.79 Å². The predicted molar refractivity (Wildman–Crippen MR) is 72.7 cm³/mol. The second kappa shape index (κ2) is 5.73. The fraction of sp³-hybridized carbons (Fsp3) is 0.0714. The molecule has 2 rings (SSSR count). The fourth-order valence-electron chi connectivity index (χ4n) is 1.63. The second-order valence-corrected chi connectivity index (χ2v) is 4.04. The van der Waals surface area contributed by atoms with Crippen LogP contribution in [0.5, 0.6) is 5.75 Å². The number of rotatable bonds is 3. The van der Waals surface area contributed by atoms with E-state index in [0.717, 1.165) is 12.1 Å². The van der Waals surface area contributed by atoms with Gasteiger partial charge < -0.3 is 10.1 Å². The molecule has 0 atom stereocenters. The van der Waals surface area contributed by atoms with Crippen molar-refractivity contribution in [3.63, 3.8) is 0 Å². The van der Waals surface area contributed by atoms with Crippen molar-refractivity contribution in [3.8, 4) is 5.75 Å². The van der Waals surface area contributed by atoms with Crippen LogP contribution in [-0.2, 0) is 0 Å². The monoisotopic (exact) mass is 273 g/mol. The Morgan fingerprint density at radius 2 is 1.90 bits per heavy atom. The number of hydrogen-bond acceptors (Lipinski definition) is 2. The molecule has 6 heteroatoms. The van der Waals surface area contributed by atoms with Crippen LogP contribution in [0.2, 0.25) is 0 Å². The highest BCUT2D eigenvalue weighted by atomic mass is 19.2. The van der Waals surface area contributed by atoms with Crippen molar-refractivity contribution in [1.29, 1.82) is 0 Å². The molecule has 0 unspecified atom stereocenters. The second-order valence-electron chi connectivity index (χ2n) is 4.04. The lowest BCUT2D eigenvalue weighted by molar-refractivity contribution is 0.102. The zero-order chi connectivity index (χ0) is 14.7. The molecule has 0 aliphatic heterocycles. The lowest BCUT2D eigenvalue weighted by Crippen LogP contribution is -2.14. The molecular formula is C14H10BF2NO2. The molecule has 100 valence electrons. The third-order valence-electron chi connectivity index (χ3n) is 2.67. The summed E-state index contributed by atoms with van der Waals surface area (Å²) >= 11 is 0. The van der Waals surface area contributed by atoms with Gasteiger partial charge in [0, 0.05) is 17.3 Å². The maximum atomic E-state index is 13.1. The van der Waals surface area contributed by atoms with Crippen LogP contribution in [0.1, 0.15) is 10.4 Å². The van der Waals surface area contributed by atoms with Gasteiger partial charge in [0.05, 0.1) is 7.11 Å². The topological polar surface area (TPSA) is 38.3 Å². The van der Waals surface area contributed by atoms with Crippen LogP contribution < -0.4 is 15.5 Å². The molecule has 0 spiro atoms. The lowest BCUT2D eigenvalue weighted by atomic mass is 9.95. The number of benzene rings is 2. The summed E-state index contributed by atoms with van der Waals surface area (Å²) in [6.45, 7) is 0. The molecule has 2 radical (unpaired) electrons. The highest BCUT2D eigenvalue weighted by molar-refractivity contribution is 6.34. The average Bonchev–Trinajstić information content (AvgIpc) is 2.43. The number of hydrogen-bond donors (Lipinski definition) is 1. The Kier molecular flexibility index (Phi) is 4.03. The van der Waals surface area contributed by atoms with E-state index in [1.807, 2.05) is 0 Å². The van der Waals surface area contributed by atoms with E-state index in [-0.39, 0.29) is 5.56 Å². The molecule has 0 aliphatic carbocycles. The van der Waals surface area contributed by atoms with E-state index in [1.54, 1.807) is 12.1 Å². The summed E-state index contributed by atoms with van der Waals surface area (Å²) < 4.78 is 30.9. The number of nitrogens with one attached hydrogen (secondary N) is 1. The maximum absolute atomic E-state index is 13.1. The first kappa shape index (κ1) is 14.1. The normalized spacial score (nSPS) is 10.2. The van der Waals surface area contributed by atoms with Crippen LogP contribution in [-0.4, -0.2) is 20.9 Å². The van der Waals surface area contributed by atoms with Crippen LogP contribution in [0.15, 0.2) is 36.4 Å². The zero-order valence-electron chi connectivity index (χ0n) is 10.6. The van der Waals surface area contributed by atoms with Gasteiger partial charge in [-0.2, -0.15) is 0 Å². The van der Waals surface area contributed by atoms with E-state index in [2.05, 4.69) is 5.32 Å². The molecule has 0 heterocycles. The molecule has 0 saturated carbocycles.